The summed E-state index contributed by atoms with van der Waals surface area (Å²) in [7, 11) is 0. The summed E-state index contributed by atoms with van der Waals surface area (Å²) >= 11 is 1.81. The Kier molecular flexibility index (Phi) is 5.20. The van der Waals surface area contributed by atoms with E-state index in [4.69, 9.17) is 0 Å². The van der Waals surface area contributed by atoms with Gasteiger partial charge in [-0.15, -0.1) is 11.8 Å². The van der Waals surface area contributed by atoms with Crippen molar-refractivity contribution in [3.8, 4) is 0 Å². The number of nitrogens with one attached hydrogen (secondary N) is 1. The largest absolute Gasteiger partial charge is 0.382 e. The predicted octanol–water partition coefficient (Wildman–Crippen LogP) is 5.28. The second kappa shape index (κ2) is 6.69. The molecule has 0 heterocycles. The maximum Gasteiger partial charge on any atom is 0.0353 e. The van der Waals surface area contributed by atoms with Gasteiger partial charge in [0, 0.05) is 16.6 Å². The third kappa shape index (κ3) is 3.92. The molecule has 1 aromatic carbocycles. The van der Waals surface area contributed by atoms with Crippen molar-refractivity contribution in [2.75, 3.05) is 11.6 Å². The number of anilines is 1. The maximum absolute atomic E-state index is 3.80. The van der Waals surface area contributed by atoms with E-state index < -0.39 is 0 Å². The number of benzene rings is 1. The smallest absolute Gasteiger partial charge is 0.0353 e. The van der Waals surface area contributed by atoms with E-state index in [0.29, 0.717) is 6.04 Å². The standard InChI is InChI=1S/C17H27NS/c1-12(2)16-9-8-13(3)10-17(16)18-14-6-5-7-15(11-14)19-4/h5-7,11-13,16-18H,8-10H2,1-4H3. The van der Waals surface area contributed by atoms with Crippen LogP contribution in [0.1, 0.15) is 40.0 Å². The van der Waals surface area contributed by atoms with Crippen LogP contribution >= 0.6 is 11.8 Å². The maximum atomic E-state index is 3.80. The quantitative estimate of drug-likeness (QED) is 0.751. The van der Waals surface area contributed by atoms with Crippen molar-refractivity contribution in [3.05, 3.63) is 24.3 Å². The van der Waals surface area contributed by atoms with Crippen LogP contribution in [0, 0.1) is 17.8 Å². The number of thioether (sulfide) groups is 1. The van der Waals surface area contributed by atoms with Crippen LogP contribution in [-0.4, -0.2) is 12.3 Å². The van der Waals surface area contributed by atoms with E-state index in [0.717, 1.165) is 17.8 Å². The number of hydrogen-bond donors (Lipinski definition) is 1. The van der Waals surface area contributed by atoms with Gasteiger partial charge in [-0.2, -0.15) is 0 Å². The lowest BCUT2D eigenvalue weighted by atomic mass is 9.74. The fourth-order valence-electron chi connectivity index (χ4n) is 3.30. The molecule has 106 valence electrons. The van der Waals surface area contributed by atoms with Crippen LogP contribution in [0.2, 0.25) is 0 Å². The van der Waals surface area contributed by atoms with Gasteiger partial charge in [0.15, 0.2) is 0 Å². The highest BCUT2D eigenvalue weighted by Gasteiger charge is 2.30. The molecular weight excluding hydrogens is 250 g/mol. The van der Waals surface area contributed by atoms with E-state index in [1.807, 2.05) is 11.8 Å². The van der Waals surface area contributed by atoms with Gasteiger partial charge in [-0.25, -0.2) is 0 Å². The average Bonchev–Trinajstić information content (AvgIpc) is 2.38. The van der Waals surface area contributed by atoms with Crippen molar-refractivity contribution in [3.63, 3.8) is 0 Å². The SMILES string of the molecule is CSc1cccc(NC2CC(C)CCC2C(C)C)c1. The van der Waals surface area contributed by atoms with Gasteiger partial charge in [-0.3, -0.25) is 0 Å². The van der Waals surface area contributed by atoms with Gasteiger partial charge in [-0.1, -0.05) is 33.3 Å². The van der Waals surface area contributed by atoms with Crippen molar-refractivity contribution in [1.29, 1.82) is 0 Å². The Bertz CT molecular complexity index is 402. The Balaban J connectivity index is 2.09. The highest BCUT2D eigenvalue weighted by atomic mass is 32.2. The Morgan fingerprint density at radius 3 is 2.74 bits per heavy atom. The third-order valence-corrected chi connectivity index (χ3v) is 5.17. The van der Waals surface area contributed by atoms with Crippen molar-refractivity contribution < 1.29 is 0 Å². The minimum Gasteiger partial charge on any atom is -0.382 e. The molecule has 2 rings (SSSR count). The summed E-state index contributed by atoms with van der Waals surface area (Å²) in [6.45, 7) is 7.13. The zero-order chi connectivity index (χ0) is 13.8. The fourth-order valence-corrected chi connectivity index (χ4v) is 3.75. The van der Waals surface area contributed by atoms with E-state index in [1.165, 1.54) is 29.8 Å². The Hall–Kier alpha value is -0.630. The lowest BCUT2D eigenvalue weighted by Crippen LogP contribution is -2.37. The van der Waals surface area contributed by atoms with Crippen molar-refractivity contribution in [2.24, 2.45) is 17.8 Å². The van der Waals surface area contributed by atoms with E-state index in [1.54, 1.807) is 0 Å². The monoisotopic (exact) mass is 277 g/mol. The molecule has 1 fully saturated rings. The van der Waals surface area contributed by atoms with Crippen LogP contribution in [-0.2, 0) is 0 Å². The normalized spacial score (nSPS) is 27.5. The average molecular weight is 277 g/mol. The summed E-state index contributed by atoms with van der Waals surface area (Å²) in [5.41, 5.74) is 1.29. The number of rotatable bonds is 4. The van der Waals surface area contributed by atoms with E-state index in [9.17, 15) is 0 Å². The van der Waals surface area contributed by atoms with E-state index in [2.05, 4.69) is 56.6 Å². The first-order valence-corrected chi connectivity index (χ1v) is 8.73. The van der Waals surface area contributed by atoms with Gasteiger partial charge in [0.05, 0.1) is 0 Å². The first-order valence-electron chi connectivity index (χ1n) is 7.50. The summed E-state index contributed by atoms with van der Waals surface area (Å²) in [6.07, 6.45) is 6.22. The van der Waals surface area contributed by atoms with Crippen molar-refractivity contribution in [1.82, 2.24) is 0 Å². The molecule has 0 spiro atoms. The molecule has 0 amide bonds. The highest BCUT2D eigenvalue weighted by Crippen LogP contribution is 2.35. The molecule has 3 unspecified atom stereocenters. The minimum atomic E-state index is 0.640. The lowest BCUT2D eigenvalue weighted by molar-refractivity contribution is 0.212. The Morgan fingerprint density at radius 2 is 2.05 bits per heavy atom. The molecule has 2 heteroatoms. The van der Waals surface area contributed by atoms with Crippen LogP contribution in [0.5, 0.6) is 0 Å². The molecule has 3 atom stereocenters. The molecular formula is C17H27NS. The third-order valence-electron chi connectivity index (χ3n) is 4.44. The summed E-state index contributed by atoms with van der Waals surface area (Å²) in [6, 6.07) is 9.46. The van der Waals surface area contributed by atoms with Crippen LogP contribution in [0.4, 0.5) is 5.69 Å². The van der Waals surface area contributed by atoms with Crippen LogP contribution in [0.25, 0.3) is 0 Å². The summed E-state index contributed by atoms with van der Waals surface area (Å²) in [4.78, 5) is 1.34. The molecule has 0 aliphatic heterocycles. The van der Waals surface area contributed by atoms with Gasteiger partial charge in [0.1, 0.15) is 0 Å². The Morgan fingerprint density at radius 1 is 1.26 bits per heavy atom. The first kappa shape index (κ1) is 14.8. The zero-order valence-electron chi connectivity index (χ0n) is 12.6. The molecule has 1 aromatic rings. The van der Waals surface area contributed by atoms with Gasteiger partial charge in [0.25, 0.3) is 0 Å². The molecule has 0 bridgehead atoms. The second-order valence-electron chi connectivity index (χ2n) is 6.31. The predicted molar refractivity (Wildman–Crippen MR) is 87.0 cm³/mol. The van der Waals surface area contributed by atoms with Gasteiger partial charge in [-0.05, 0) is 55.1 Å². The van der Waals surface area contributed by atoms with Crippen molar-refractivity contribution in [2.45, 2.75) is 51.0 Å². The molecule has 19 heavy (non-hydrogen) atoms. The molecule has 1 aliphatic rings. The fraction of sp³-hybridized carbons (Fsp3) is 0.647. The van der Waals surface area contributed by atoms with E-state index >= 15 is 0 Å². The number of hydrogen-bond acceptors (Lipinski definition) is 2. The molecule has 1 N–H and O–H groups in total. The van der Waals surface area contributed by atoms with Gasteiger partial charge >= 0.3 is 0 Å². The van der Waals surface area contributed by atoms with Crippen LogP contribution in [0.3, 0.4) is 0 Å². The summed E-state index contributed by atoms with van der Waals surface area (Å²) in [5.74, 6) is 2.44. The molecule has 1 saturated carbocycles. The van der Waals surface area contributed by atoms with E-state index in [-0.39, 0.29) is 0 Å². The molecule has 0 aromatic heterocycles. The second-order valence-corrected chi connectivity index (χ2v) is 7.19. The van der Waals surface area contributed by atoms with Crippen molar-refractivity contribution >= 4 is 17.4 Å². The van der Waals surface area contributed by atoms with Crippen LogP contribution < -0.4 is 5.32 Å². The molecule has 0 saturated heterocycles. The van der Waals surface area contributed by atoms with Crippen LogP contribution in [0.15, 0.2) is 29.2 Å². The summed E-state index contributed by atoms with van der Waals surface area (Å²) < 4.78 is 0. The van der Waals surface area contributed by atoms with Gasteiger partial charge in [0.2, 0.25) is 0 Å². The summed E-state index contributed by atoms with van der Waals surface area (Å²) in [5, 5.41) is 3.80. The highest BCUT2D eigenvalue weighted by molar-refractivity contribution is 7.98. The Labute approximate surface area is 122 Å². The molecule has 0 radical (unpaired) electrons. The minimum absolute atomic E-state index is 0.640. The topological polar surface area (TPSA) is 12.0 Å². The lowest BCUT2D eigenvalue weighted by Gasteiger charge is -2.38. The van der Waals surface area contributed by atoms with Gasteiger partial charge < -0.3 is 5.32 Å². The zero-order valence-corrected chi connectivity index (χ0v) is 13.5. The molecule has 1 aliphatic carbocycles. The first-order chi connectivity index (χ1) is 9.10. The molecule has 1 nitrogen and oxygen atoms in total.